The Morgan fingerprint density at radius 2 is 1.38 bits per heavy atom. The second kappa shape index (κ2) is 10.7. The van der Waals surface area contributed by atoms with Crippen molar-refractivity contribution in [1.29, 1.82) is 0 Å². The van der Waals surface area contributed by atoms with Gasteiger partial charge in [0.1, 0.15) is 11.6 Å². The second-order valence-corrected chi connectivity index (χ2v) is 12.7. The van der Waals surface area contributed by atoms with Gasteiger partial charge in [0.25, 0.3) is 11.8 Å². The van der Waals surface area contributed by atoms with E-state index in [0.717, 1.165) is 5.56 Å². The number of fused-ring (bicyclic) bond motifs is 3. The molecule has 4 aromatic carbocycles. The molecule has 0 saturated carbocycles. The standard InChI is InChI=1S/C35H27BrF3N3O3/c36-25-16-17-26-27(18-25)42(20-23-12-6-2-7-13-23)32(45)34(26)33(21-41(31(44)30(33)43)19-22-10-4-1-5-11-22)28(24-14-8-3-9-15-24)29(40-34)35(37,38)39/h1-18,28-29,40H,19-21H2/t28-,29+,33-,34-/m1/s1. The predicted molar refractivity (Wildman–Crippen MR) is 165 cm³/mol. The maximum atomic E-state index is 15.2. The number of Topliss-reactive ketones (excluding diaryl/α,β-unsaturated/α-hetero) is 1. The minimum Gasteiger partial charge on any atom is -0.331 e. The number of amides is 2. The van der Waals surface area contributed by atoms with Gasteiger partial charge < -0.3 is 9.80 Å². The first-order chi connectivity index (χ1) is 21.6. The third kappa shape index (κ3) is 4.37. The first kappa shape index (κ1) is 29.4. The van der Waals surface area contributed by atoms with Gasteiger partial charge in [0.05, 0.1) is 17.6 Å². The van der Waals surface area contributed by atoms with Gasteiger partial charge in [-0.1, -0.05) is 113 Å². The topological polar surface area (TPSA) is 69.7 Å². The summed E-state index contributed by atoms with van der Waals surface area (Å²) in [5.74, 6) is -4.19. The van der Waals surface area contributed by atoms with E-state index in [-0.39, 0.29) is 30.8 Å². The number of halogens is 4. The van der Waals surface area contributed by atoms with Gasteiger partial charge in [0.15, 0.2) is 0 Å². The Hall–Kier alpha value is -4.28. The Kier molecular flexibility index (Phi) is 6.98. The van der Waals surface area contributed by atoms with Crippen LogP contribution in [0.3, 0.4) is 0 Å². The zero-order valence-electron chi connectivity index (χ0n) is 23.8. The van der Waals surface area contributed by atoms with Gasteiger partial charge in [0, 0.05) is 29.0 Å². The quantitative estimate of drug-likeness (QED) is 0.260. The highest BCUT2D eigenvalue weighted by atomic mass is 79.9. The fraction of sp³-hybridized carbons (Fsp3) is 0.229. The van der Waals surface area contributed by atoms with Gasteiger partial charge in [-0.25, -0.2) is 0 Å². The van der Waals surface area contributed by atoms with Crippen molar-refractivity contribution < 1.29 is 27.6 Å². The highest BCUT2D eigenvalue weighted by Gasteiger charge is 2.81. The van der Waals surface area contributed by atoms with Crippen LogP contribution in [-0.2, 0) is 33.0 Å². The van der Waals surface area contributed by atoms with E-state index in [9.17, 15) is 9.59 Å². The SMILES string of the molecule is O=C1C(=O)[C@@]2(CN1Cc1ccccc1)[C@H](c1ccccc1)[C@@H](C(F)(F)F)N[C@]21C(=O)N(Cc2ccccc2)c2cc(Br)ccc21. The molecule has 3 heterocycles. The Morgan fingerprint density at radius 3 is 1.98 bits per heavy atom. The van der Waals surface area contributed by atoms with Crippen molar-refractivity contribution in [2.75, 3.05) is 11.4 Å². The van der Waals surface area contributed by atoms with Crippen LogP contribution in [0.15, 0.2) is 114 Å². The van der Waals surface area contributed by atoms with E-state index >= 15 is 18.0 Å². The number of nitrogens with one attached hydrogen (secondary N) is 1. The number of rotatable bonds is 5. The molecule has 0 aliphatic carbocycles. The molecule has 10 heteroatoms. The molecule has 3 aliphatic rings. The van der Waals surface area contributed by atoms with E-state index < -0.39 is 46.7 Å². The van der Waals surface area contributed by atoms with Gasteiger partial charge >= 0.3 is 6.18 Å². The summed E-state index contributed by atoms with van der Waals surface area (Å²) in [4.78, 5) is 46.3. The van der Waals surface area contributed by atoms with Crippen molar-refractivity contribution in [2.24, 2.45) is 5.41 Å². The summed E-state index contributed by atoms with van der Waals surface area (Å²) in [6.45, 7) is -0.305. The van der Waals surface area contributed by atoms with Crippen LogP contribution in [0.5, 0.6) is 0 Å². The lowest BCUT2D eigenvalue weighted by Gasteiger charge is -2.40. The van der Waals surface area contributed by atoms with E-state index in [0.29, 0.717) is 15.7 Å². The predicted octanol–water partition coefficient (Wildman–Crippen LogP) is 6.11. The third-order valence-corrected chi connectivity index (χ3v) is 9.86. The molecule has 1 N–H and O–H groups in total. The number of carbonyl (C=O) groups is 3. The van der Waals surface area contributed by atoms with Crippen LogP contribution in [0, 0.1) is 5.41 Å². The van der Waals surface area contributed by atoms with Gasteiger partial charge in [-0.2, -0.15) is 13.2 Å². The highest BCUT2D eigenvalue weighted by molar-refractivity contribution is 9.10. The average Bonchev–Trinajstić information content (AvgIpc) is 3.57. The van der Waals surface area contributed by atoms with Gasteiger partial charge in [-0.05, 0) is 28.8 Å². The molecule has 2 fully saturated rings. The lowest BCUT2D eigenvalue weighted by atomic mass is 9.59. The minimum atomic E-state index is -4.87. The zero-order chi connectivity index (χ0) is 31.6. The molecule has 7 rings (SSSR count). The molecule has 0 aromatic heterocycles. The van der Waals surface area contributed by atoms with Crippen LogP contribution in [0.1, 0.15) is 28.2 Å². The summed E-state index contributed by atoms with van der Waals surface area (Å²) < 4.78 is 46.3. The zero-order valence-corrected chi connectivity index (χ0v) is 25.4. The molecule has 4 aromatic rings. The van der Waals surface area contributed by atoms with Gasteiger partial charge in [0.2, 0.25) is 5.78 Å². The molecule has 2 amide bonds. The molecule has 228 valence electrons. The fourth-order valence-electron chi connectivity index (χ4n) is 7.58. The van der Waals surface area contributed by atoms with Crippen LogP contribution in [0.2, 0.25) is 0 Å². The summed E-state index contributed by atoms with van der Waals surface area (Å²) >= 11 is 3.46. The smallest absolute Gasteiger partial charge is 0.331 e. The highest BCUT2D eigenvalue weighted by Crippen LogP contribution is 2.65. The average molecular weight is 675 g/mol. The summed E-state index contributed by atoms with van der Waals surface area (Å²) in [6, 6.07) is 28.6. The van der Waals surface area contributed by atoms with Crippen molar-refractivity contribution in [2.45, 2.75) is 36.8 Å². The van der Waals surface area contributed by atoms with E-state index in [1.165, 1.54) is 21.9 Å². The van der Waals surface area contributed by atoms with Crippen molar-refractivity contribution in [3.05, 3.63) is 136 Å². The normalized spacial score (nSPS) is 26.0. The number of carbonyl (C=O) groups excluding carboxylic acids is 3. The number of hydrogen-bond donors (Lipinski definition) is 1. The third-order valence-electron chi connectivity index (χ3n) is 9.36. The maximum absolute atomic E-state index is 15.2. The molecule has 45 heavy (non-hydrogen) atoms. The fourth-order valence-corrected chi connectivity index (χ4v) is 7.93. The molecule has 0 unspecified atom stereocenters. The number of likely N-dealkylation sites (tertiary alicyclic amines) is 1. The van der Waals surface area contributed by atoms with Crippen LogP contribution in [-0.4, -0.2) is 41.3 Å². The van der Waals surface area contributed by atoms with Crippen molar-refractivity contribution >= 4 is 39.2 Å². The van der Waals surface area contributed by atoms with Gasteiger partial charge in [-0.3, -0.25) is 19.7 Å². The van der Waals surface area contributed by atoms with Gasteiger partial charge in [-0.15, -0.1) is 0 Å². The number of anilines is 1. The molecule has 0 radical (unpaired) electrons. The molecule has 3 aliphatic heterocycles. The lowest BCUT2D eigenvalue weighted by Crippen LogP contribution is -2.60. The Morgan fingerprint density at radius 1 is 0.800 bits per heavy atom. The summed E-state index contributed by atoms with van der Waals surface area (Å²) in [6.07, 6.45) is -4.87. The number of benzene rings is 4. The van der Waals surface area contributed by atoms with E-state index in [1.54, 1.807) is 60.7 Å². The number of ketones is 1. The van der Waals surface area contributed by atoms with Crippen molar-refractivity contribution in [1.82, 2.24) is 10.2 Å². The molecule has 0 bridgehead atoms. The number of alkyl halides is 3. The molecular weight excluding hydrogens is 647 g/mol. The van der Waals surface area contributed by atoms with Crippen LogP contribution >= 0.6 is 15.9 Å². The molecule has 2 saturated heterocycles. The summed E-state index contributed by atoms with van der Waals surface area (Å²) in [5, 5.41) is 2.73. The maximum Gasteiger partial charge on any atom is 0.404 e. The monoisotopic (exact) mass is 673 g/mol. The minimum absolute atomic E-state index is 0.0105. The molecular formula is C35H27BrF3N3O3. The van der Waals surface area contributed by atoms with Crippen molar-refractivity contribution in [3.8, 4) is 0 Å². The molecule has 2 spiro atoms. The first-order valence-corrected chi connectivity index (χ1v) is 15.3. The van der Waals surface area contributed by atoms with Crippen molar-refractivity contribution in [3.63, 3.8) is 0 Å². The molecule has 6 nitrogen and oxygen atoms in total. The lowest BCUT2D eigenvalue weighted by molar-refractivity contribution is -0.159. The Bertz CT molecular complexity index is 1800. The first-order valence-electron chi connectivity index (χ1n) is 14.5. The van der Waals surface area contributed by atoms with Crippen LogP contribution in [0.25, 0.3) is 0 Å². The molecule has 4 atom stereocenters. The van der Waals surface area contributed by atoms with E-state index in [2.05, 4.69) is 21.2 Å². The summed E-state index contributed by atoms with van der Waals surface area (Å²) in [5.41, 5.74) is -2.00. The Labute approximate surface area is 266 Å². The van der Waals surface area contributed by atoms with Crippen LogP contribution < -0.4 is 10.2 Å². The number of nitrogens with zero attached hydrogens (tertiary/aromatic N) is 2. The largest absolute Gasteiger partial charge is 0.404 e. The van der Waals surface area contributed by atoms with Crippen LogP contribution in [0.4, 0.5) is 18.9 Å². The van der Waals surface area contributed by atoms with E-state index in [4.69, 9.17) is 0 Å². The van der Waals surface area contributed by atoms with E-state index in [1.807, 2.05) is 36.4 Å². The number of hydrogen-bond acceptors (Lipinski definition) is 4. The summed E-state index contributed by atoms with van der Waals surface area (Å²) in [7, 11) is 0. The second-order valence-electron chi connectivity index (χ2n) is 11.8. The Balaban J connectivity index is 1.49.